The van der Waals surface area contributed by atoms with Crippen molar-refractivity contribution in [2.75, 3.05) is 5.32 Å². The van der Waals surface area contributed by atoms with E-state index in [-0.39, 0.29) is 0 Å². The summed E-state index contributed by atoms with van der Waals surface area (Å²) in [6.45, 7) is 1.92. The van der Waals surface area contributed by atoms with Gasteiger partial charge in [0.2, 0.25) is 0 Å². The van der Waals surface area contributed by atoms with E-state index in [0.717, 1.165) is 58.5 Å². The Morgan fingerprint density at radius 2 is 1.74 bits per heavy atom. The second-order valence-corrected chi connectivity index (χ2v) is 7.79. The Kier molecular flexibility index (Phi) is 4.61. The third-order valence-electron chi connectivity index (χ3n) is 5.46. The van der Waals surface area contributed by atoms with Gasteiger partial charge in [-0.2, -0.15) is 13.2 Å². The number of hydrogen-bond acceptors (Lipinski definition) is 4. The van der Waals surface area contributed by atoms with Gasteiger partial charge >= 0.3 is 6.18 Å². The first-order valence-corrected chi connectivity index (χ1v) is 10.1. The summed E-state index contributed by atoms with van der Waals surface area (Å²) in [5.74, 6) is 1.69. The molecular formula is C24H19F3N4. The summed E-state index contributed by atoms with van der Waals surface area (Å²) < 4.78 is 38.6. The standard InChI is InChI=1S/C24H19F3N4/c1-14-21(17-7-4-15-3-2-12-28-20(15)13-17)30-23(16-5-6-16)31-22(14)29-19-10-8-18(9-11-19)24(25,26)27/h2-4,7-13,16H,5-6H2,1H3,(H,29,30,31). The van der Waals surface area contributed by atoms with Crippen molar-refractivity contribution in [2.45, 2.75) is 31.9 Å². The van der Waals surface area contributed by atoms with Crippen molar-refractivity contribution in [3.8, 4) is 11.3 Å². The molecule has 0 unspecified atom stereocenters. The molecule has 1 aliphatic carbocycles. The highest BCUT2D eigenvalue weighted by Gasteiger charge is 2.30. The Hall–Kier alpha value is -3.48. The van der Waals surface area contributed by atoms with Gasteiger partial charge in [-0.25, -0.2) is 9.97 Å². The summed E-state index contributed by atoms with van der Waals surface area (Å²) in [5.41, 5.74) is 3.31. The van der Waals surface area contributed by atoms with Gasteiger partial charge in [0.15, 0.2) is 0 Å². The quantitative estimate of drug-likeness (QED) is 0.402. The molecule has 0 spiro atoms. The van der Waals surface area contributed by atoms with Gasteiger partial charge in [0, 0.05) is 34.3 Å². The molecule has 7 heteroatoms. The van der Waals surface area contributed by atoms with Crippen LogP contribution >= 0.6 is 0 Å². The number of rotatable bonds is 4. The Balaban J connectivity index is 1.55. The van der Waals surface area contributed by atoms with Gasteiger partial charge in [-0.05, 0) is 56.2 Å². The van der Waals surface area contributed by atoms with Crippen LogP contribution in [0.2, 0.25) is 0 Å². The van der Waals surface area contributed by atoms with Crippen LogP contribution in [0.25, 0.3) is 22.2 Å². The number of aromatic nitrogens is 3. The lowest BCUT2D eigenvalue weighted by atomic mass is 10.0. The highest BCUT2D eigenvalue weighted by molar-refractivity contribution is 5.84. The van der Waals surface area contributed by atoms with Gasteiger partial charge in [0.25, 0.3) is 0 Å². The van der Waals surface area contributed by atoms with E-state index < -0.39 is 11.7 Å². The molecule has 0 radical (unpaired) electrons. The Morgan fingerprint density at radius 3 is 2.45 bits per heavy atom. The van der Waals surface area contributed by atoms with Crippen LogP contribution in [0.4, 0.5) is 24.7 Å². The zero-order valence-corrected chi connectivity index (χ0v) is 16.7. The predicted octanol–water partition coefficient (Wildman–Crippen LogP) is 6.64. The first-order valence-electron chi connectivity index (χ1n) is 10.1. The summed E-state index contributed by atoms with van der Waals surface area (Å²) in [6, 6.07) is 14.9. The molecular weight excluding hydrogens is 401 g/mol. The molecule has 0 amide bonds. The number of nitrogens with one attached hydrogen (secondary N) is 1. The van der Waals surface area contributed by atoms with Crippen LogP contribution in [0.5, 0.6) is 0 Å². The third-order valence-corrected chi connectivity index (χ3v) is 5.46. The molecule has 0 aliphatic heterocycles. The monoisotopic (exact) mass is 420 g/mol. The lowest BCUT2D eigenvalue weighted by Crippen LogP contribution is -2.06. The zero-order chi connectivity index (χ0) is 21.6. The minimum atomic E-state index is -4.36. The molecule has 2 aromatic carbocycles. The number of fused-ring (bicyclic) bond motifs is 1. The van der Waals surface area contributed by atoms with Crippen molar-refractivity contribution in [1.82, 2.24) is 15.0 Å². The van der Waals surface area contributed by atoms with Crippen molar-refractivity contribution in [2.24, 2.45) is 0 Å². The maximum absolute atomic E-state index is 12.9. The molecule has 156 valence electrons. The Bertz CT molecular complexity index is 1260. The van der Waals surface area contributed by atoms with Crippen LogP contribution in [0.3, 0.4) is 0 Å². The second-order valence-electron chi connectivity index (χ2n) is 7.79. The summed E-state index contributed by atoms with van der Waals surface area (Å²) in [7, 11) is 0. The minimum Gasteiger partial charge on any atom is -0.340 e. The lowest BCUT2D eigenvalue weighted by molar-refractivity contribution is -0.137. The van der Waals surface area contributed by atoms with Gasteiger partial charge in [0.1, 0.15) is 11.6 Å². The van der Waals surface area contributed by atoms with Crippen LogP contribution in [0.1, 0.15) is 35.7 Å². The highest BCUT2D eigenvalue weighted by atomic mass is 19.4. The molecule has 0 saturated heterocycles. The molecule has 1 fully saturated rings. The van der Waals surface area contributed by atoms with Crippen LogP contribution in [-0.2, 0) is 6.18 Å². The smallest absolute Gasteiger partial charge is 0.340 e. The molecule has 4 aromatic rings. The van der Waals surface area contributed by atoms with Gasteiger partial charge in [-0.1, -0.05) is 18.2 Å². The van der Waals surface area contributed by atoms with Crippen molar-refractivity contribution in [3.63, 3.8) is 0 Å². The third kappa shape index (κ3) is 3.95. The molecule has 1 N–H and O–H groups in total. The van der Waals surface area contributed by atoms with Gasteiger partial charge in [0.05, 0.1) is 16.8 Å². The fourth-order valence-corrected chi connectivity index (χ4v) is 3.55. The molecule has 2 heterocycles. The summed E-state index contributed by atoms with van der Waals surface area (Å²) in [6.07, 6.45) is -0.519. The van der Waals surface area contributed by atoms with Crippen LogP contribution in [0, 0.1) is 6.92 Å². The maximum Gasteiger partial charge on any atom is 0.416 e. The zero-order valence-electron chi connectivity index (χ0n) is 16.7. The average molecular weight is 420 g/mol. The number of hydrogen-bond donors (Lipinski definition) is 1. The fourth-order valence-electron chi connectivity index (χ4n) is 3.55. The first-order chi connectivity index (χ1) is 14.9. The summed E-state index contributed by atoms with van der Waals surface area (Å²) in [4.78, 5) is 14.0. The van der Waals surface area contributed by atoms with E-state index in [1.54, 1.807) is 6.20 Å². The minimum absolute atomic E-state index is 0.325. The van der Waals surface area contributed by atoms with Gasteiger partial charge in [-0.15, -0.1) is 0 Å². The number of alkyl halides is 3. The van der Waals surface area contributed by atoms with Gasteiger partial charge < -0.3 is 5.32 Å². The van der Waals surface area contributed by atoms with E-state index >= 15 is 0 Å². The summed E-state index contributed by atoms with van der Waals surface area (Å²) >= 11 is 0. The van der Waals surface area contributed by atoms with Crippen molar-refractivity contribution >= 4 is 22.4 Å². The predicted molar refractivity (Wildman–Crippen MR) is 114 cm³/mol. The van der Waals surface area contributed by atoms with E-state index in [1.165, 1.54) is 12.1 Å². The molecule has 0 atom stereocenters. The molecule has 2 aromatic heterocycles. The van der Waals surface area contributed by atoms with E-state index in [0.29, 0.717) is 17.4 Å². The van der Waals surface area contributed by atoms with Gasteiger partial charge in [-0.3, -0.25) is 4.98 Å². The number of nitrogens with zero attached hydrogens (tertiary/aromatic N) is 3. The topological polar surface area (TPSA) is 50.7 Å². The van der Waals surface area contributed by atoms with Crippen LogP contribution in [-0.4, -0.2) is 15.0 Å². The van der Waals surface area contributed by atoms with Crippen LogP contribution < -0.4 is 5.32 Å². The molecule has 31 heavy (non-hydrogen) atoms. The average Bonchev–Trinajstić information content (AvgIpc) is 3.60. The molecule has 4 nitrogen and oxygen atoms in total. The molecule has 0 bridgehead atoms. The maximum atomic E-state index is 12.9. The normalized spacial score (nSPS) is 14.1. The van der Waals surface area contributed by atoms with Crippen molar-refractivity contribution < 1.29 is 13.2 Å². The lowest BCUT2D eigenvalue weighted by Gasteiger charge is -2.15. The van der Waals surface area contributed by atoms with E-state index in [4.69, 9.17) is 4.98 Å². The second kappa shape index (κ2) is 7.34. The number of benzene rings is 2. The van der Waals surface area contributed by atoms with E-state index in [1.807, 2.05) is 37.3 Å². The fraction of sp³-hybridized carbons (Fsp3) is 0.208. The van der Waals surface area contributed by atoms with Crippen LogP contribution in [0.15, 0.2) is 60.8 Å². The SMILES string of the molecule is Cc1c(Nc2ccc(C(F)(F)F)cc2)nc(C2CC2)nc1-c1ccc2cccnc2c1. The Morgan fingerprint density at radius 1 is 0.968 bits per heavy atom. The van der Waals surface area contributed by atoms with E-state index in [9.17, 15) is 13.2 Å². The number of halogens is 3. The van der Waals surface area contributed by atoms with E-state index in [2.05, 4.69) is 15.3 Å². The number of anilines is 2. The van der Waals surface area contributed by atoms with Crippen molar-refractivity contribution in [1.29, 1.82) is 0 Å². The molecule has 1 saturated carbocycles. The summed E-state index contributed by atoms with van der Waals surface area (Å²) in [5, 5.41) is 4.23. The molecule has 5 rings (SSSR count). The first kappa shape index (κ1) is 19.5. The largest absolute Gasteiger partial charge is 0.416 e. The highest BCUT2D eigenvalue weighted by Crippen LogP contribution is 2.41. The van der Waals surface area contributed by atoms with Crippen molar-refractivity contribution in [3.05, 3.63) is 77.7 Å². The number of pyridine rings is 1. The molecule has 1 aliphatic rings. The Labute approximate surface area is 177 Å².